The molecule has 0 saturated heterocycles. The lowest BCUT2D eigenvalue weighted by Crippen LogP contribution is -2.42. The Labute approximate surface area is 131 Å². The highest BCUT2D eigenvalue weighted by atomic mass is 19.4. The van der Waals surface area contributed by atoms with E-state index in [2.05, 4.69) is 0 Å². The molecule has 1 aromatic carbocycles. The van der Waals surface area contributed by atoms with Crippen LogP contribution in [0.5, 0.6) is 0 Å². The molecule has 0 bridgehead atoms. The van der Waals surface area contributed by atoms with Crippen molar-refractivity contribution in [1.29, 1.82) is 0 Å². The third-order valence-electron chi connectivity index (χ3n) is 2.90. The van der Waals surface area contributed by atoms with E-state index in [9.17, 15) is 22.8 Å². The van der Waals surface area contributed by atoms with Crippen LogP contribution in [0.3, 0.4) is 0 Å². The second kappa shape index (κ2) is 6.57. The van der Waals surface area contributed by atoms with Gasteiger partial charge in [-0.2, -0.15) is 13.2 Å². The van der Waals surface area contributed by atoms with Crippen molar-refractivity contribution < 1.29 is 32.6 Å². The number of nitrogens with two attached hydrogens (primary N) is 1. The Bertz CT molecular complexity index is 576. The molecule has 0 fully saturated rings. The van der Waals surface area contributed by atoms with Gasteiger partial charge in [0.25, 0.3) is 0 Å². The molecule has 1 rings (SSSR count). The standard InChI is InChI=1S/C15H18F3NO4/c1-14(2,3)23-13(22)10(11(19)12(20)21)8-4-6-9(7-5-8)15(16,17)18/h4-7,10-11H,19H2,1-3H3,(H,20,21). The van der Waals surface area contributed by atoms with E-state index >= 15 is 0 Å². The average molecular weight is 333 g/mol. The first-order chi connectivity index (χ1) is 10.3. The Balaban J connectivity index is 3.19. The van der Waals surface area contributed by atoms with Crippen LogP contribution in [0.2, 0.25) is 0 Å². The van der Waals surface area contributed by atoms with E-state index in [0.717, 1.165) is 24.3 Å². The maximum Gasteiger partial charge on any atom is 0.416 e. The summed E-state index contributed by atoms with van der Waals surface area (Å²) in [4.78, 5) is 23.3. The largest absolute Gasteiger partial charge is 0.480 e. The van der Waals surface area contributed by atoms with E-state index in [0.29, 0.717) is 0 Å². The Hall–Kier alpha value is -2.09. The van der Waals surface area contributed by atoms with E-state index in [1.807, 2.05) is 0 Å². The van der Waals surface area contributed by atoms with Crippen LogP contribution in [0.1, 0.15) is 37.8 Å². The molecule has 1 aromatic rings. The fourth-order valence-corrected chi connectivity index (χ4v) is 1.88. The Morgan fingerprint density at radius 2 is 1.61 bits per heavy atom. The van der Waals surface area contributed by atoms with Crippen LogP contribution in [0, 0.1) is 0 Å². The Kier molecular flexibility index (Phi) is 5.42. The molecule has 128 valence electrons. The summed E-state index contributed by atoms with van der Waals surface area (Å²) in [5.74, 6) is -3.78. The maximum atomic E-state index is 12.6. The fourth-order valence-electron chi connectivity index (χ4n) is 1.88. The normalized spacial score (nSPS) is 14.9. The predicted molar refractivity (Wildman–Crippen MR) is 75.6 cm³/mol. The molecule has 2 unspecified atom stereocenters. The third kappa shape index (κ3) is 5.24. The van der Waals surface area contributed by atoms with Crippen molar-refractivity contribution in [2.45, 2.75) is 44.5 Å². The zero-order chi connectivity index (χ0) is 18.0. The van der Waals surface area contributed by atoms with Crippen LogP contribution in [-0.2, 0) is 20.5 Å². The lowest BCUT2D eigenvalue weighted by atomic mass is 9.91. The number of benzene rings is 1. The van der Waals surface area contributed by atoms with E-state index in [1.54, 1.807) is 20.8 Å². The topological polar surface area (TPSA) is 89.6 Å². The maximum absolute atomic E-state index is 12.6. The van der Waals surface area contributed by atoms with Gasteiger partial charge in [-0.05, 0) is 38.5 Å². The van der Waals surface area contributed by atoms with E-state index < -0.39 is 41.2 Å². The van der Waals surface area contributed by atoms with Crippen LogP contribution >= 0.6 is 0 Å². The quantitative estimate of drug-likeness (QED) is 0.827. The number of esters is 1. The average Bonchev–Trinajstić information content (AvgIpc) is 2.36. The van der Waals surface area contributed by atoms with Gasteiger partial charge in [0.1, 0.15) is 17.6 Å². The summed E-state index contributed by atoms with van der Waals surface area (Å²) < 4.78 is 42.9. The minimum absolute atomic E-state index is 0.0437. The van der Waals surface area contributed by atoms with Gasteiger partial charge in [0.2, 0.25) is 0 Å². The molecule has 5 nitrogen and oxygen atoms in total. The van der Waals surface area contributed by atoms with Crippen molar-refractivity contribution >= 4 is 11.9 Å². The summed E-state index contributed by atoms with van der Waals surface area (Å²) in [5.41, 5.74) is 3.76. The number of ether oxygens (including phenoxy) is 1. The van der Waals surface area contributed by atoms with Gasteiger partial charge in [-0.1, -0.05) is 12.1 Å². The van der Waals surface area contributed by atoms with E-state index in [1.165, 1.54) is 0 Å². The smallest absolute Gasteiger partial charge is 0.416 e. The number of alkyl halides is 3. The first-order valence-electron chi connectivity index (χ1n) is 6.71. The third-order valence-corrected chi connectivity index (χ3v) is 2.90. The second-order valence-corrected chi connectivity index (χ2v) is 5.99. The molecule has 0 aromatic heterocycles. The minimum Gasteiger partial charge on any atom is -0.480 e. The monoisotopic (exact) mass is 333 g/mol. The summed E-state index contributed by atoms with van der Waals surface area (Å²) in [5, 5.41) is 9.03. The molecule has 3 N–H and O–H groups in total. The molecular weight excluding hydrogens is 315 g/mol. The van der Waals surface area contributed by atoms with Crippen molar-refractivity contribution in [3.63, 3.8) is 0 Å². The summed E-state index contributed by atoms with van der Waals surface area (Å²) >= 11 is 0. The lowest BCUT2D eigenvalue weighted by molar-refractivity contribution is -0.160. The molecular formula is C15H18F3NO4. The number of carbonyl (C=O) groups is 2. The van der Waals surface area contributed by atoms with Crippen LogP contribution in [0.25, 0.3) is 0 Å². The van der Waals surface area contributed by atoms with E-state index in [4.69, 9.17) is 15.6 Å². The highest BCUT2D eigenvalue weighted by Gasteiger charge is 2.36. The van der Waals surface area contributed by atoms with Crippen molar-refractivity contribution in [3.8, 4) is 0 Å². The van der Waals surface area contributed by atoms with Crippen molar-refractivity contribution in [2.24, 2.45) is 5.73 Å². The number of carboxylic acids is 1. The molecule has 0 aliphatic heterocycles. The number of hydrogen-bond donors (Lipinski definition) is 2. The van der Waals surface area contributed by atoms with Gasteiger partial charge in [-0.3, -0.25) is 9.59 Å². The number of rotatable bonds is 4. The molecule has 2 atom stereocenters. The molecule has 0 aliphatic carbocycles. The van der Waals surface area contributed by atoms with Gasteiger partial charge in [-0.25, -0.2) is 0 Å². The minimum atomic E-state index is -4.53. The van der Waals surface area contributed by atoms with Gasteiger partial charge in [0, 0.05) is 0 Å². The first-order valence-corrected chi connectivity index (χ1v) is 6.71. The molecule has 23 heavy (non-hydrogen) atoms. The lowest BCUT2D eigenvalue weighted by Gasteiger charge is -2.26. The fraction of sp³-hybridized carbons (Fsp3) is 0.467. The zero-order valence-corrected chi connectivity index (χ0v) is 12.8. The molecule has 0 spiro atoms. The summed E-state index contributed by atoms with van der Waals surface area (Å²) in [6, 6.07) is 1.95. The van der Waals surface area contributed by atoms with Crippen LogP contribution in [0.15, 0.2) is 24.3 Å². The number of hydrogen-bond acceptors (Lipinski definition) is 4. The van der Waals surface area contributed by atoms with Crippen LogP contribution in [-0.4, -0.2) is 28.7 Å². The Morgan fingerprint density at radius 1 is 1.13 bits per heavy atom. The number of carboxylic acid groups (broad SMARTS) is 1. The van der Waals surface area contributed by atoms with Gasteiger partial charge in [0.05, 0.1) is 5.56 Å². The summed E-state index contributed by atoms with van der Waals surface area (Å²) in [6.45, 7) is 4.75. The van der Waals surface area contributed by atoms with Gasteiger partial charge < -0.3 is 15.6 Å². The second-order valence-electron chi connectivity index (χ2n) is 5.99. The Morgan fingerprint density at radius 3 is 1.96 bits per heavy atom. The number of carbonyl (C=O) groups excluding carboxylic acids is 1. The first kappa shape index (κ1) is 19.0. The van der Waals surface area contributed by atoms with E-state index in [-0.39, 0.29) is 5.56 Å². The van der Waals surface area contributed by atoms with Gasteiger partial charge >= 0.3 is 18.1 Å². The molecule has 0 radical (unpaired) electrons. The number of halogens is 3. The molecule has 8 heteroatoms. The molecule has 0 heterocycles. The predicted octanol–water partition coefficient (Wildman–Crippen LogP) is 2.54. The number of aliphatic carboxylic acids is 1. The summed E-state index contributed by atoms with van der Waals surface area (Å²) in [7, 11) is 0. The summed E-state index contributed by atoms with van der Waals surface area (Å²) in [6.07, 6.45) is -4.53. The van der Waals surface area contributed by atoms with Crippen molar-refractivity contribution in [3.05, 3.63) is 35.4 Å². The zero-order valence-electron chi connectivity index (χ0n) is 12.8. The molecule has 0 amide bonds. The molecule has 0 aliphatic rings. The van der Waals surface area contributed by atoms with Crippen LogP contribution < -0.4 is 5.73 Å². The van der Waals surface area contributed by atoms with Crippen molar-refractivity contribution in [1.82, 2.24) is 0 Å². The van der Waals surface area contributed by atoms with Crippen molar-refractivity contribution in [2.75, 3.05) is 0 Å². The van der Waals surface area contributed by atoms with Gasteiger partial charge in [0.15, 0.2) is 0 Å². The van der Waals surface area contributed by atoms with Crippen LogP contribution in [0.4, 0.5) is 13.2 Å². The highest BCUT2D eigenvalue weighted by Crippen LogP contribution is 2.31. The highest BCUT2D eigenvalue weighted by molar-refractivity contribution is 5.87. The van der Waals surface area contributed by atoms with Gasteiger partial charge in [-0.15, -0.1) is 0 Å². The molecule has 0 saturated carbocycles. The SMILES string of the molecule is CC(C)(C)OC(=O)C(c1ccc(C(F)(F)F)cc1)C(N)C(=O)O.